The smallest absolute Gasteiger partial charge is 0.442 e. The van der Waals surface area contributed by atoms with Crippen molar-refractivity contribution in [1.29, 1.82) is 0 Å². The van der Waals surface area contributed by atoms with Crippen LogP contribution < -0.4 is 31.3 Å². The van der Waals surface area contributed by atoms with E-state index in [1.807, 2.05) is 0 Å². The number of phenolic OH excluding ortho intramolecular Hbond substituents is 1. The highest BCUT2D eigenvalue weighted by Crippen LogP contribution is 2.53. The second-order valence-electron chi connectivity index (χ2n) is 11.5. The maximum atomic E-state index is 13.3. The minimum atomic E-state index is -4.80. The number of hydrogen-bond donors (Lipinski definition) is 6. The first-order chi connectivity index (χ1) is 23.4. The molecule has 14 nitrogen and oxygen atoms in total. The van der Waals surface area contributed by atoms with Gasteiger partial charge in [-0.3, -0.25) is 19.7 Å². The summed E-state index contributed by atoms with van der Waals surface area (Å²) in [6.07, 6.45) is -0.728. The van der Waals surface area contributed by atoms with Crippen LogP contribution in [0.15, 0.2) is 52.7 Å². The maximum absolute atomic E-state index is 13.3. The standard InChI is InChI=1S/C32H45F3N8O6/c1-2-29(45)40-28(19-23-7-9-26(44)10-8-23)30(46)39-16-4-3-11-36-12-5-13-37-14-6-15-38-17-18-49-27-21-24(20-25(22-27)43(47)48)31(41-42-31)32(33,34)35/h7-10,20-22,28,36-38,44H,2-6,11-19H2,1H3,(H,39,46)(H,40,45)/t28-/m0/s1. The molecule has 0 aromatic heterocycles. The minimum absolute atomic E-state index is 0.0561. The molecule has 0 aliphatic carbocycles. The molecule has 1 aliphatic heterocycles. The predicted molar refractivity (Wildman–Crippen MR) is 175 cm³/mol. The van der Waals surface area contributed by atoms with Crippen LogP contribution in [0.5, 0.6) is 11.5 Å². The van der Waals surface area contributed by atoms with Crippen LogP contribution in [-0.2, 0) is 21.7 Å². The summed E-state index contributed by atoms with van der Waals surface area (Å²) < 4.78 is 45.5. The van der Waals surface area contributed by atoms with Gasteiger partial charge in [0.2, 0.25) is 11.8 Å². The van der Waals surface area contributed by atoms with Gasteiger partial charge in [-0.1, -0.05) is 19.1 Å². The molecule has 0 spiro atoms. The number of nitrogens with one attached hydrogen (secondary N) is 5. The Morgan fingerprint density at radius 2 is 1.51 bits per heavy atom. The van der Waals surface area contributed by atoms with Gasteiger partial charge < -0.3 is 36.4 Å². The van der Waals surface area contributed by atoms with Crippen LogP contribution >= 0.6 is 0 Å². The van der Waals surface area contributed by atoms with E-state index in [0.29, 0.717) is 26.1 Å². The topological polar surface area (TPSA) is 192 Å². The largest absolute Gasteiger partial charge is 0.508 e. The van der Waals surface area contributed by atoms with Crippen LogP contribution in [0.2, 0.25) is 0 Å². The van der Waals surface area contributed by atoms with Crippen LogP contribution in [-0.4, -0.2) is 86.5 Å². The second kappa shape index (κ2) is 19.6. The molecule has 6 N–H and O–H groups in total. The zero-order chi connectivity index (χ0) is 35.7. The number of carbonyl (C=O) groups excluding carboxylic acids is 2. The molecule has 1 atom stereocenters. The van der Waals surface area contributed by atoms with Crippen molar-refractivity contribution in [2.24, 2.45) is 10.2 Å². The number of amides is 2. The lowest BCUT2D eigenvalue weighted by atomic mass is 10.0. The van der Waals surface area contributed by atoms with Crippen LogP contribution in [0.1, 0.15) is 50.2 Å². The number of hydrogen-bond acceptors (Lipinski definition) is 11. The Hall–Kier alpha value is -4.35. The van der Waals surface area contributed by atoms with E-state index in [4.69, 9.17) is 4.74 Å². The maximum Gasteiger partial charge on any atom is 0.442 e. The number of aromatic hydroxyl groups is 1. The Morgan fingerprint density at radius 1 is 0.918 bits per heavy atom. The van der Waals surface area contributed by atoms with Gasteiger partial charge in [-0.2, -0.15) is 13.2 Å². The van der Waals surface area contributed by atoms with E-state index >= 15 is 0 Å². The van der Waals surface area contributed by atoms with Crippen molar-refractivity contribution in [3.05, 3.63) is 63.7 Å². The molecule has 0 unspecified atom stereocenters. The Morgan fingerprint density at radius 3 is 2.08 bits per heavy atom. The zero-order valence-corrected chi connectivity index (χ0v) is 27.5. The summed E-state index contributed by atoms with van der Waals surface area (Å²) in [5.74, 6) is -0.357. The number of phenols is 1. The van der Waals surface area contributed by atoms with E-state index < -0.39 is 34.1 Å². The van der Waals surface area contributed by atoms with Gasteiger partial charge in [-0.15, -0.1) is 10.2 Å². The van der Waals surface area contributed by atoms with Crippen molar-refractivity contribution in [1.82, 2.24) is 26.6 Å². The van der Waals surface area contributed by atoms with E-state index in [1.165, 1.54) is 0 Å². The molecular formula is C32H45F3N8O6. The van der Waals surface area contributed by atoms with Gasteiger partial charge in [0.25, 0.3) is 5.69 Å². The molecule has 0 radical (unpaired) electrons. The number of unbranched alkanes of at least 4 members (excludes halogenated alkanes) is 1. The molecule has 0 saturated carbocycles. The van der Waals surface area contributed by atoms with Crippen LogP contribution in [0.25, 0.3) is 0 Å². The first kappa shape index (κ1) is 39.1. The third-order valence-electron chi connectivity index (χ3n) is 7.59. The number of benzene rings is 2. The van der Waals surface area contributed by atoms with Crippen molar-refractivity contribution in [2.45, 2.75) is 63.3 Å². The molecule has 2 aromatic carbocycles. The number of rotatable bonds is 24. The number of nitro groups is 1. The highest BCUT2D eigenvalue weighted by molar-refractivity contribution is 5.87. The van der Waals surface area contributed by atoms with Crippen LogP contribution in [0, 0.1) is 10.1 Å². The molecule has 0 fully saturated rings. The second-order valence-corrected chi connectivity index (χ2v) is 11.5. The van der Waals surface area contributed by atoms with Gasteiger partial charge in [-0.05, 0) is 82.2 Å². The van der Waals surface area contributed by atoms with Gasteiger partial charge in [-0.25, -0.2) is 0 Å². The Kier molecular flexibility index (Phi) is 15.6. The van der Waals surface area contributed by atoms with Crippen LogP contribution in [0.4, 0.5) is 18.9 Å². The van der Waals surface area contributed by atoms with Gasteiger partial charge in [0.15, 0.2) is 0 Å². The van der Waals surface area contributed by atoms with Gasteiger partial charge in [0.05, 0.1) is 11.0 Å². The molecule has 0 bridgehead atoms. The van der Waals surface area contributed by atoms with Gasteiger partial charge in [0, 0.05) is 37.6 Å². The number of non-ortho nitro benzene ring substituents is 1. The third kappa shape index (κ3) is 13.2. The Labute approximate surface area is 282 Å². The molecular weight excluding hydrogens is 649 g/mol. The molecule has 1 aliphatic rings. The molecule has 2 amide bonds. The number of halogens is 3. The summed E-state index contributed by atoms with van der Waals surface area (Å²) in [5, 5.41) is 42.4. The molecule has 49 heavy (non-hydrogen) atoms. The molecule has 2 aromatic rings. The van der Waals surface area contributed by atoms with Crippen molar-refractivity contribution in [2.75, 3.05) is 52.4 Å². The average Bonchev–Trinajstić information content (AvgIpc) is 3.89. The Balaban J connectivity index is 1.16. The van der Waals surface area contributed by atoms with E-state index in [-0.39, 0.29) is 36.3 Å². The number of nitrogens with zero attached hydrogens (tertiary/aromatic N) is 3. The fourth-order valence-corrected chi connectivity index (χ4v) is 4.79. The van der Waals surface area contributed by atoms with Gasteiger partial charge in [0.1, 0.15) is 24.1 Å². The van der Waals surface area contributed by atoms with Crippen LogP contribution in [0.3, 0.4) is 0 Å². The van der Waals surface area contributed by atoms with E-state index in [2.05, 4.69) is 36.8 Å². The Bertz CT molecular complexity index is 1390. The quantitative estimate of drug-likeness (QED) is 0.0543. The first-order valence-electron chi connectivity index (χ1n) is 16.4. The van der Waals surface area contributed by atoms with Crippen molar-refractivity contribution in [3.8, 4) is 11.5 Å². The molecule has 3 rings (SSSR count). The molecule has 0 saturated heterocycles. The molecule has 270 valence electrons. The normalized spacial score (nSPS) is 13.9. The highest BCUT2D eigenvalue weighted by Gasteiger charge is 2.65. The summed E-state index contributed by atoms with van der Waals surface area (Å²) in [7, 11) is 0. The summed E-state index contributed by atoms with van der Waals surface area (Å²) in [4.78, 5) is 35.0. The fourth-order valence-electron chi connectivity index (χ4n) is 4.79. The van der Waals surface area contributed by atoms with E-state index in [0.717, 1.165) is 75.6 Å². The molecule has 1 heterocycles. The number of carbonyl (C=O) groups is 2. The summed E-state index contributed by atoms with van der Waals surface area (Å²) in [6, 6.07) is 8.82. The fraction of sp³-hybridized carbons (Fsp3) is 0.562. The number of nitro benzene ring substituents is 1. The summed E-state index contributed by atoms with van der Waals surface area (Å²) in [6.45, 7) is 6.72. The lowest BCUT2D eigenvalue weighted by Gasteiger charge is -2.18. The van der Waals surface area contributed by atoms with Crippen molar-refractivity contribution < 1.29 is 37.5 Å². The number of ether oxygens (including phenoxy) is 1. The zero-order valence-electron chi connectivity index (χ0n) is 27.5. The lowest BCUT2D eigenvalue weighted by Crippen LogP contribution is -2.48. The summed E-state index contributed by atoms with van der Waals surface area (Å²) in [5.41, 5.74) is -2.91. The van der Waals surface area contributed by atoms with Crippen molar-refractivity contribution >= 4 is 17.5 Å². The highest BCUT2D eigenvalue weighted by atomic mass is 19.4. The first-order valence-corrected chi connectivity index (χ1v) is 16.4. The molecule has 17 heteroatoms. The van der Waals surface area contributed by atoms with Gasteiger partial charge >= 0.3 is 11.8 Å². The minimum Gasteiger partial charge on any atom is -0.508 e. The predicted octanol–water partition coefficient (Wildman–Crippen LogP) is 3.44. The monoisotopic (exact) mass is 694 g/mol. The average molecular weight is 695 g/mol. The van der Waals surface area contributed by atoms with E-state index in [9.17, 15) is 38.0 Å². The van der Waals surface area contributed by atoms with Crippen molar-refractivity contribution in [3.63, 3.8) is 0 Å². The SMILES string of the molecule is CCC(=O)N[C@@H](Cc1ccc(O)cc1)C(=O)NCCCCNCCCNCCCNCCOc1cc([N+](=O)[O-])cc(C2(C(F)(F)F)N=N2)c1. The third-order valence-corrected chi connectivity index (χ3v) is 7.59. The summed E-state index contributed by atoms with van der Waals surface area (Å²) >= 11 is 0. The van der Waals surface area contributed by atoms with E-state index in [1.54, 1.807) is 31.2 Å². The lowest BCUT2D eigenvalue weighted by molar-refractivity contribution is -0.385. The number of alkyl halides is 3.